The van der Waals surface area contributed by atoms with Crippen LogP contribution in [-0.2, 0) is 17.3 Å². The number of hydrogen-bond donors (Lipinski definition) is 2. The predicted molar refractivity (Wildman–Crippen MR) is 83.3 cm³/mol. The van der Waals surface area contributed by atoms with Crippen molar-refractivity contribution in [2.24, 2.45) is 0 Å². The van der Waals surface area contributed by atoms with Crippen LogP contribution in [0.2, 0.25) is 0 Å². The Bertz CT molecular complexity index is 836. The summed E-state index contributed by atoms with van der Waals surface area (Å²) in [5.74, 6) is -3.48. The Morgan fingerprint density at radius 3 is 2.92 bits per heavy atom. The number of halogens is 2. The van der Waals surface area contributed by atoms with Crippen molar-refractivity contribution in [3.05, 3.63) is 47.5 Å². The van der Waals surface area contributed by atoms with Crippen LogP contribution in [0.1, 0.15) is 28.7 Å². The minimum absolute atomic E-state index is 0.0405. The van der Waals surface area contributed by atoms with Gasteiger partial charge in [-0.15, -0.1) is 0 Å². The van der Waals surface area contributed by atoms with Crippen LogP contribution in [0.25, 0.3) is 0 Å². The van der Waals surface area contributed by atoms with Crippen LogP contribution in [0.5, 0.6) is 5.75 Å². The Balaban J connectivity index is 1.69. The first-order valence-corrected chi connectivity index (χ1v) is 7.37. The Morgan fingerprint density at radius 1 is 1.36 bits per heavy atom. The van der Waals surface area contributed by atoms with Crippen LogP contribution >= 0.6 is 0 Å². The Morgan fingerprint density at radius 2 is 2.16 bits per heavy atom. The molecule has 2 aromatic rings. The number of ether oxygens (including phenoxy) is 1. The van der Waals surface area contributed by atoms with Crippen molar-refractivity contribution < 1.29 is 23.1 Å². The largest absolute Gasteiger partial charge is 0.482 e. The van der Waals surface area contributed by atoms with Crippen molar-refractivity contribution in [1.29, 1.82) is 0 Å². The lowest BCUT2D eigenvalue weighted by atomic mass is 10.1. The molecule has 0 aliphatic carbocycles. The zero-order valence-electron chi connectivity index (χ0n) is 13.2. The number of anilines is 1. The van der Waals surface area contributed by atoms with Gasteiger partial charge >= 0.3 is 0 Å². The zero-order chi connectivity index (χ0) is 18.0. The fourth-order valence-electron chi connectivity index (χ4n) is 2.23. The quantitative estimate of drug-likeness (QED) is 0.880. The standard InChI is InChI=1S/C16H14F2N4O3/c1-16(17,18)13-5-11(20-8-21-13)15(24)19-6-9-2-3-12-10(4-9)22-14(23)7-25-12/h2-5,8H,6-7H2,1H3,(H,19,24)(H,22,23). The van der Waals surface area contributed by atoms with Gasteiger partial charge in [-0.2, -0.15) is 8.78 Å². The normalized spacial score (nSPS) is 13.5. The molecule has 0 unspecified atom stereocenters. The topological polar surface area (TPSA) is 93.2 Å². The van der Waals surface area contributed by atoms with Gasteiger partial charge in [0, 0.05) is 13.5 Å². The Labute approximate surface area is 141 Å². The minimum Gasteiger partial charge on any atom is -0.482 e. The van der Waals surface area contributed by atoms with E-state index in [9.17, 15) is 18.4 Å². The van der Waals surface area contributed by atoms with E-state index in [2.05, 4.69) is 20.6 Å². The predicted octanol–water partition coefficient (Wildman–Crippen LogP) is 1.85. The summed E-state index contributed by atoms with van der Waals surface area (Å²) in [4.78, 5) is 30.6. The fraction of sp³-hybridized carbons (Fsp3) is 0.250. The summed E-state index contributed by atoms with van der Waals surface area (Å²) in [6, 6.07) is 6.02. The lowest BCUT2D eigenvalue weighted by Gasteiger charge is -2.18. The number of carbonyl (C=O) groups is 2. The van der Waals surface area contributed by atoms with Gasteiger partial charge in [0.15, 0.2) is 6.61 Å². The van der Waals surface area contributed by atoms with Crippen LogP contribution in [0.3, 0.4) is 0 Å². The average Bonchev–Trinajstić information content (AvgIpc) is 2.58. The van der Waals surface area contributed by atoms with E-state index in [1.54, 1.807) is 18.2 Å². The van der Waals surface area contributed by atoms with Gasteiger partial charge in [-0.25, -0.2) is 9.97 Å². The maximum absolute atomic E-state index is 13.3. The molecular weight excluding hydrogens is 334 g/mol. The summed E-state index contributed by atoms with van der Waals surface area (Å²) in [5, 5.41) is 5.25. The second-order valence-electron chi connectivity index (χ2n) is 5.53. The summed E-state index contributed by atoms with van der Waals surface area (Å²) in [5.41, 5.74) is 0.536. The molecule has 0 fully saturated rings. The van der Waals surface area contributed by atoms with E-state index in [0.29, 0.717) is 23.9 Å². The molecule has 0 radical (unpaired) electrons. The highest BCUT2D eigenvalue weighted by Crippen LogP contribution is 2.28. The third-order valence-electron chi connectivity index (χ3n) is 3.48. The van der Waals surface area contributed by atoms with E-state index in [-0.39, 0.29) is 24.8 Å². The summed E-state index contributed by atoms with van der Waals surface area (Å²) in [6.45, 7) is 0.783. The number of alkyl halides is 2. The van der Waals surface area contributed by atoms with Gasteiger partial charge < -0.3 is 15.4 Å². The third kappa shape index (κ3) is 3.87. The molecule has 0 spiro atoms. The SMILES string of the molecule is CC(F)(F)c1cc(C(=O)NCc2ccc3c(c2)NC(=O)CO3)ncn1. The number of rotatable bonds is 4. The van der Waals surface area contributed by atoms with Crippen molar-refractivity contribution in [2.45, 2.75) is 19.4 Å². The molecule has 25 heavy (non-hydrogen) atoms. The summed E-state index contributed by atoms with van der Waals surface area (Å²) < 4.78 is 31.8. The molecule has 1 aromatic heterocycles. The second kappa shape index (κ2) is 6.42. The molecule has 0 bridgehead atoms. The van der Waals surface area contributed by atoms with Crippen molar-refractivity contribution >= 4 is 17.5 Å². The molecule has 0 atom stereocenters. The van der Waals surface area contributed by atoms with Crippen molar-refractivity contribution in [1.82, 2.24) is 15.3 Å². The molecule has 0 saturated heterocycles. The van der Waals surface area contributed by atoms with Gasteiger partial charge in [0.1, 0.15) is 23.5 Å². The van der Waals surface area contributed by atoms with Gasteiger partial charge in [0.25, 0.3) is 17.7 Å². The smallest absolute Gasteiger partial charge is 0.287 e. The molecule has 1 aliphatic heterocycles. The van der Waals surface area contributed by atoms with Crippen LogP contribution < -0.4 is 15.4 Å². The first-order valence-electron chi connectivity index (χ1n) is 7.37. The molecule has 3 rings (SSSR count). The second-order valence-corrected chi connectivity index (χ2v) is 5.53. The molecule has 1 aliphatic rings. The van der Waals surface area contributed by atoms with E-state index in [1.807, 2.05) is 0 Å². The molecule has 7 nitrogen and oxygen atoms in total. The minimum atomic E-state index is -3.16. The van der Waals surface area contributed by atoms with Crippen LogP contribution in [-0.4, -0.2) is 28.4 Å². The monoisotopic (exact) mass is 348 g/mol. The van der Waals surface area contributed by atoms with E-state index in [1.165, 1.54) is 0 Å². The third-order valence-corrected chi connectivity index (χ3v) is 3.48. The lowest BCUT2D eigenvalue weighted by molar-refractivity contribution is -0.118. The van der Waals surface area contributed by atoms with E-state index >= 15 is 0 Å². The molecule has 2 N–H and O–H groups in total. The van der Waals surface area contributed by atoms with Gasteiger partial charge in [-0.05, 0) is 23.8 Å². The van der Waals surface area contributed by atoms with Gasteiger partial charge in [-0.3, -0.25) is 9.59 Å². The van der Waals surface area contributed by atoms with Gasteiger partial charge in [0.2, 0.25) is 0 Å². The van der Waals surface area contributed by atoms with Crippen molar-refractivity contribution in [2.75, 3.05) is 11.9 Å². The molecule has 2 amide bonds. The van der Waals surface area contributed by atoms with Crippen molar-refractivity contribution in [3.63, 3.8) is 0 Å². The summed E-state index contributed by atoms with van der Waals surface area (Å²) in [7, 11) is 0. The maximum Gasteiger partial charge on any atom is 0.287 e. The maximum atomic E-state index is 13.3. The highest BCUT2D eigenvalue weighted by Gasteiger charge is 2.27. The van der Waals surface area contributed by atoms with Crippen molar-refractivity contribution in [3.8, 4) is 5.75 Å². The lowest BCUT2D eigenvalue weighted by Crippen LogP contribution is -2.26. The highest BCUT2D eigenvalue weighted by atomic mass is 19.3. The molecule has 9 heteroatoms. The van der Waals surface area contributed by atoms with Gasteiger partial charge in [-0.1, -0.05) is 6.07 Å². The summed E-state index contributed by atoms with van der Waals surface area (Å²) >= 11 is 0. The summed E-state index contributed by atoms with van der Waals surface area (Å²) in [6.07, 6.45) is 0.924. The molecule has 1 aromatic carbocycles. The van der Waals surface area contributed by atoms with E-state index < -0.39 is 17.5 Å². The number of benzene rings is 1. The molecular formula is C16H14F2N4O3. The number of aromatic nitrogens is 2. The number of nitrogens with one attached hydrogen (secondary N) is 2. The number of nitrogens with zero attached hydrogens (tertiary/aromatic N) is 2. The molecule has 130 valence electrons. The van der Waals surface area contributed by atoms with Crippen LogP contribution in [0.4, 0.5) is 14.5 Å². The first-order chi connectivity index (χ1) is 11.8. The van der Waals surface area contributed by atoms with Crippen LogP contribution in [0.15, 0.2) is 30.6 Å². The Hall–Kier alpha value is -3.10. The fourth-order valence-corrected chi connectivity index (χ4v) is 2.23. The zero-order valence-corrected chi connectivity index (χ0v) is 13.2. The van der Waals surface area contributed by atoms with Crippen LogP contribution in [0, 0.1) is 0 Å². The Kier molecular flexibility index (Phi) is 4.30. The first kappa shape index (κ1) is 16.7. The highest BCUT2D eigenvalue weighted by molar-refractivity contribution is 5.95. The van der Waals surface area contributed by atoms with E-state index in [0.717, 1.165) is 12.4 Å². The molecule has 0 saturated carbocycles. The number of carbonyl (C=O) groups excluding carboxylic acids is 2. The number of hydrogen-bond acceptors (Lipinski definition) is 5. The van der Waals surface area contributed by atoms with E-state index in [4.69, 9.17) is 4.74 Å². The number of amides is 2. The number of fused-ring (bicyclic) bond motifs is 1. The van der Waals surface area contributed by atoms with Gasteiger partial charge in [0.05, 0.1) is 5.69 Å². The molecule has 2 heterocycles. The average molecular weight is 348 g/mol.